The second kappa shape index (κ2) is 9.08. The van der Waals surface area contributed by atoms with Gasteiger partial charge in [-0.1, -0.05) is 0 Å². The zero-order valence-corrected chi connectivity index (χ0v) is 16.2. The van der Waals surface area contributed by atoms with Gasteiger partial charge in [-0.05, 0) is 45.0 Å². The first-order valence-corrected chi connectivity index (χ1v) is 10.1. The van der Waals surface area contributed by atoms with Gasteiger partial charge in [-0.15, -0.1) is 23.1 Å². The van der Waals surface area contributed by atoms with Crippen molar-refractivity contribution in [2.45, 2.75) is 32.6 Å². The number of thioether (sulfide) groups is 1. The molecule has 1 amide bonds. The van der Waals surface area contributed by atoms with Gasteiger partial charge in [0.1, 0.15) is 10.8 Å². The average Bonchev–Trinajstić information content (AvgIpc) is 3.03. The molecule has 0 unspecified atom stereocenters. The third kappa shape index (κ3) is 5.24. The number of hydrogen-bond acceptors (Lipinski definition) is 5. The van der Waals surface area contributed by atoms with Crippen LogP contribution in [0.15, 0.2) is 29.6 Å². The lowest BCUT2D eigenvalue weighted by Gasteiger charge is -2.20. The van der Waals surface area contributed by atoms with Crippen molar-refractivity contribution in [3.8, 4) is 16.3 Å². The van der Waals surface area contributed by atoms with E-state index >= 15 is 0 Å². The van der Waals surface area contributed by atoms with Crippen molar-refractivity contribution in [2.75, 3.05) is 19.4 Å². The van der Waals surface area contributed by atoms with Crippen molar-refractivity contribution >= 4 is 29.0 Å². The third-order valence-corrected chi connectivity index (χ3v) is 5.50. The molecule has 0 radical (unpaired) electrons. The molecule has 0 aliphatic heterocycles. The van der Waals surface area contributed by atoms with E-state index in [1.54, 1.807) is 28.0 Å². The van der Waals surface area contributed by atoms with Gasteiger partial charge in [0.2, 0.25) is 5.91 Å². The minimum atomic E-state index is 0.164. The molecule has 1 heterocycles. The van der Waals surface area contributed by atoms with Crippen LogP contribution >= 0.6 is 23.1 Å². The third-order valence-electron chi connectivity index (χ3n) is 3.61. The Bertz CT molecular complexity index is 653. The molecule has 0 fully saturated rings. The van der Waals surface area contributed by atoms with Gasteiger partial charge < -0.3 is 9.64 Å². The summed E-state index contributed by atoms with van der Waals surface area (Å²) in [5.41, 5.74) is 2.12. The van der Waals surface area contributed by atoms with Crippen molar-refractivity contribution in [2.24, 2.45) is 0 Å². The SMILES string of the molecule is CCOc1ccc(-c2nc(CSCC(=O)N(C)C(C)C)cs2)cc1. The Hall–Kier alpha value is -1.53. The molecule has 0 saturated carbocycles. The summed E-state index contributed by atoms with van der Waals surface area (Å²) in [4.78, 5) is 18.4. The van der Waals surface area contributed by atoms with E-state index in [1.807, 2.05) is 52.1 Å². The quantitative estimate of drug-likeness (QED) is 0.700. The molecular weight excluding hydrogens is 340 g/mol. The maximum absolute atomic E-state index is 12.0. The van der Waals surface area contributed by atoms with Crippen LogP contribution in [0.4, 0.5) is 0 Å². The molecule has 0 saturated heterocycles. The fourth-order valence-electron chi connectivity index (χ4n) is 2.00. The molecule has 0 spiro atoms. The Balaban J connectivity index is 1.88. The normalized spacial score (nSPS) is 10.9. The van der Waals surface area contributed by atoms with Crippen LogP contribution in [0.2, 0.25) is 0 Å². The van der Waals surface area contributed by atoms with Gasteiger partial charge in [-0.2, -0.15) is 0 Å². The number of ether oxygens (including phenoxy) is 1. The van der Waals surface area contributed by atoms with Crippen molar-refractivity contribution in [1.29, 1.82) is 0 Å². The summed E-state index contributed by atoms with van der Waals surface area (Å²) in [6.07, 6.45) is 0. The average molecular weight is 365 g/mol. The van der Waals surface area contributed by atoms with E-state index in [4.69, 9.17) is 4.74 Å². The Morgan fingerprint density at radius 1 is 1.33 bits per heavy atom. The molecule has 0 aliphatic rings. The van der Waals surface area contributed by atoms with Gasteiger partial charge in [-0.3, -0.25) is 4.79 Å². The van der Waals surface area contributed by atoms with Crippen LogP contribution in [0.5, 0.6) is 5.75 Å². The molecule has 24 heavy (non-hydrogen) atoms. The van der Waals surface area contributed by atoms with Crippen LogP contribution in [-0.4, -0.2) is 41.2 Å². The minimum absolute atomic E-state index is 0.164. The Morgan fingerprint density at radius 3 is 2.67 bits per heavy atom. The van der Waals surface area contributed by atoms with E-state index < -0.39 is 0 Å². The van der Waals surface area contributed by atoms with Crippen LogP contribution in [0.3, 0.4) is 0 Å². The van der Waals surface area contributed by atoms with E-state index in [0.717, 1.165) is 27.8 Å². The van der Waals surface area contributed by atoms with E-state index in [9.17, 15) is 4.79 Å². The van der Waals surface area contributed by atoms with Crippen LogP contribution < -0.4 is 4.74 Å². The predicted molar refractivity (Wildman–Crippen MR) is 103 cm³/mol. The number of carbonyl (C=O) groups excluding carboxylic acids is 1. The molecule has 0 N–H and O–H groups in total. The fourth-order valence-corrected chi connectivity index (χ4v) is 3.77. The molecule has 6 heteroatoms. The first-order valence-electron chi connectivity index (χ1n) is 8.02. The highest BCUT2D eigenvalue weighted by Crippen LogP contribution is 2.27. The molecule has 0 bridgehead atoms. The molecule has 1 aromatic carbocycles. The van der Waals surface area contributed by atoms with E-state index in [0.29, 0.717) is 12.4 Å². The van der Waals surface area contributed by atoms with Gasteiger partial charge in [0.05, 0.1) is 18.1 Å². The van der Waals surface area contributed by atoms with Crippen molar-refractivity contribution in [3.05, 3.63) is 35.3 Å². The molecule has 2 aromatic rings. The summed E-state index contributed by atoms with van der Waals surface area (Å²) in [6.45, 7) is 6.68. The number of amides is 1. The van der Waals surface area contributed by atoms with Gasteiger partial charge in [-0.25, -0.2) is 4.98 Å². The number of thiazole rings is 1. The largest absolute Gasteiger partial charge is 0.494 e. The maximum Gasteiger partial charge on any atom is 0.232 e. The summed E-state index contributed by atoms with van der Waals surface area (Å²) in [5.74, 6) is 2.29. The van der Waals surface area contributed by atoms with Crippen LogP contribution in [-0.2, 0) is 10.5 Å². The lowest BCUT2D eigenvalue weighted by Crippen LogP contribution is -2.34. The summed E-state index contributed by atoms with van der Waals surface area (Å²) in [6, 6.07) is 8.23. The van der Waals surface area contributed by atoms with Gasteiger partial charge in [0.25, 0.3) is 0 Å². The van der Waals surface area contributed by atoms with E-state index in [1.165, 1.54) is 0 Å². The van der Waals surface area contributed by atoms with Crippen molar-refractivity contribution in [3.63, 3.8) is 0 Å². The lowest BCUT2D eigenvalue weighted by molar-refractivity contribution is -0.128. The molecule has 0 atom stereocenters. The molecule has 0 aliphatic carbocycles. The van der Waals surface area contributed by atoms with Gasteiger partial charge in [0, 0.05) is 29.8 Å². The smallest absolute Gasteiger partial charge is 0.232 e. The summed E-state index contributed by atoms with van der Waals surface area (Å²) in [7, 11) is 1.85. The van der Waals surface area contributed by atoms with E-state index in [-0.39, 0.29) is 11.9 Å². The topological polar surface area (TPSA) is 42.4 Å². The van der Waals surface area contributed by atoms with Crippen LogP contribution in [0.1, 0.15) is 26.5 Å². The first-order chi connectivity index (χ1) is 11.5. The maximum atomic E-state index is 12.0. The standard InChI is InChI=1S/C18H24N2O2S2/c1-5-22-16-8-6-14(7-9-16)18-19-15(11-24-18)10-23-12-17(21)20(4)13(2)3/h6-9,11,13H,5,10,12H2,1-4H3. The molecule has 4 nitrogen and oxygen atoms in total. The summed E-state index contributed by atoms with van der Waals surface area (Å²) in [5, 5.41) is 3.06. The lowest BCUT2D eigenvalue weighted by atomic mass is 10.2. The number of nitrogens with zero attached hydrogens (tertiary/aromatic N) is 2. The highest BCUT2D eigenvalue weighted by Gasteiger charge is 2.12. The molecule has 1 aromatic heterocycles. The highest BCUT2D eigenvalue weighted by atomic mass is 32.2. The molecular formula is C18H24N2O2S2. The monoisotopic (exact) mass is 364 g/mol. The minimum Gasteiger partial charge on any atom is -0.494 e. The highest BCUT2D eigenvalue weighted by molar-refractivity contribution is 7.99. The second-order valence-electron chi connectivity index (χ2n) is 5.69. The Kier molecular flexibility index (Phi) is 7.12. The van der Waals surface area contributed by atoms with E-state index in [2.05, 4.69) is 10.4 Å². The van der Waals surface area contributed by atoms with Crippen LogP contribution in [0.25, 0.3) is 10.6 Å². The summed E-state index contributed by atoms with van der Waals surface area (Å²) < 4.78 is 5.46. The second-order valence-corrected chi connectivity index (χ2v) is 7.54. The number of carbonyl (C=O) groups is 1. The van der Waals surface area contributed by atoms with Crippen LogP contribution in [0, 0.1) is 0 Å². The zero-order valence-electron chi connectivity index (χ0n) is 14.6. The van der Waals surface area contributed by atoms with Crippen molar-refractivity contribution < 1.29 is 9.53 Å². The predicted octanol–water partition coefficient (Wildman–Crippen LogP) is 4.31. The summed E-state index contributed by atoms with van der Waals surface area (Å²) >= 11 is 3.24. The van der Waals surface area contributed by atoms with Crippen molar-refractivity contribution in [1.82, 2.24) is 9.88 Å². The van der Waals surface area contributed by atoms with Gasteiger partial charge in [0.15, 0.2) is 0 Å². The zero-order chi connectivity index (χ0) is 17.5. The number of aromatic nitrogens is 1. The molecule has 2 rings (SSSR count). The first kappa shape index (κ1) is 18.8. The number of rotatable bonds is 8. The Morgan fingerprint density at radius 2 is 2.04 bits per heavy atom. The fraction of sp³-hybridized carbons (Fsp3) is 0.444. The Labute approximate surface area is 152 Å². The molecule has 130 valence electrons. The number of benzene rings is 1. The number of hydrogen-bond donors (Lipinski definition) is 0. The van der Waals surface area contributed by atoms with Gasteiger partial charge >= 0.3 is 0 Å².